The fourth-order valence-corrected chi connectivity index (χ4v) is 2.40. The van der Waals surface area contributed by atoms with E-state index in [4.69, 9.17) is 22.1 Å². The van der Waals surface area contributed by atoms with Gasteiger partial charge in [0.15, 0.2) is 0 Å². The zero-order valence-electron chi connectivity index (χ0n) is 13.8. The molecule has 2 N–H and O–H groups in total. The first-order valence-corrected chi connectivity index (χ1v) is 7.90. The van der Waals surface area contributed by atoms with E-state index >= 15 is 0 Å². The summed E-state index contributed by atoms with van der Waals surface area (Å²) in [6.45, 7) is 11.5. The Kier molecular flexibility index (Phi) is 8.69. The maximum atomic E-state index is 6.45. The predicted octanol–water partition coefficient (Wildman–Crippen LogP) is 5.13. The molecule has 0 bridgehead atoms. The van der Waals surface area contributed by atoms with Gasteiger partial charge >= 0.3 is 0 Å². The van der Waals surface area contributed by atoms with E-state index in [1.807, 2.05) is 13.0 Å². The highest BCUT2D eigenvalue weighted by Crippen LogP contribution is 2.37. The second kappa shape index (κ2) is 8.87. The molecule has 0 aromatic heterocycles. The zero-order chi connectivity index (χ0) is 15.3. The van der Waals surface area contributed by atoms with Crippen LogP contribution < -0.4 is 10.5 Å². The molecule has 0 saturated heterocycles. The molecular weight excluding hydrogens is 305 g/mol. The number of ether oxygens (including phenoxy) is 1. The van der Waals surface area contributed by atoms with Gasteiger partial charge in [0.2, 0.25) is 0 Å². The van der Waals surface area contributed by atoms with Crippen LogP contribution in [0.2, 0.25) is 5.02 Å². The molecular formula is C17H29Cl2NO. The minimum atomic E-state index is 0. The first-order valence-electron chi connectivity index (χ1n) is 7.53. The van der Waals surface area contributed by atoms with Crippen molar-refractivity contribution in [1.82, 2.24) is 0 Å². The van der Waals surface area contributed by atoms with E-state index in [2.05, 4.69) is 33.8 Å². The van der Waals surface area contributed by atoms with Crippen molar-refractivity contribution in [2.24, 2.45) is 5.73 Å². The van der Waals surface area contributed by atoms with Crippen LogP contribution in [-0.2, 0) is 11.8 Å². The molecule has 0 radical (unpaired) electrons. The van der Waals surface area contributed by atoms with Gasteiger partial charge in [-0.25, -0.2) is 0 Å². The summed E-state index contributed by atoms with van der Waals surface area (Å²) < 4.78 is 5.83. The molecule has 122 valence electrons. The number of rotatable bonds is 7. The molecule has 21 heavy (non-hydrogen) atoms. The third-order valence-electron chi connectivity index (χ3n) is 3.78. The lowest BCUT2D eigenvalue weighted by Crippen LogP contribution is -2.20. The Bertz CT molecular complexity index is 445. The highest BCUT2D eigenvalue weighted by atomic mass is 35.5. The Hall–Kier alpha value is -0.440. The summed E-state index contributed by atoms with van der Waals surface area (Å²) in [6.07, 6.45) is 2.82. The molecule has 0 heterocycles. The van der Waals surface area contributed by atoms with Gasteiger partial charge in [0.1, 0.15) is 5.75 Å². The summed E-state index contributed by atoms with van der Waals surface area (Å²) in [5, 5.41) is 0.702. The Labute approximate surface area is 140 Å². The number of benzene rings is 1. The first kappa shape index (κ1) is 20.6. The summed E-state index contributed by atoms with van der Waals surface area (Å²) in [7, 11) is 0. The number of halogens is 2. The summed E-state index contributed by atoms with van der Waals surface area (Å²) in [4.78, 5) is 0. The van der Waals surface area contributed by atoms with E-state index in [1.165, 1.54) is 5.56 Å². The van der Waals surface area contributed by atoms with Gasteiger partial charge < -0.3 is 10.5 Å². The largest absolute Gasteiger partial charge is 0.492 e. The van der Waals surface area contributed by atoms with Gasteiger partial charge in [-0.05, 0) is 48.8 Å². The maximum Gasteiger partial charge on any atom is 0.141 e. The van der Waals surface area contributed by atoms with E-state index in [-0.39, 0.29) is 23.9 Å². The first-order chi connectivity index (χ1) is 9.31. The van der Waals surface area contributed by atoms with Gasteiger partial charge in [0, 0.05) is 6.04 Å². The van der Waals surface area contributed by atoms with E-state index in [1.54, 1.807) is 0 Å². The Balaban J connectivity index is 0.00000400. The van der Waals surface area contributed by atoms with Crippen molar-refractivity contribution in [3.63, 3.8) is 0 Å². The zero-order valence-corrected chi connectivity index (χ0v) is 15.4. The molecule has 0 aliphatic carbocycles. The van der Waals surface area contributed by atoms with E-state index in [9.17, 15) is 0 Å². The second-order valence-electron chi connectivity index (χ2n) is 6.21. The van der Waals surface area contributed by atoms with Crippen molar-refractivity contribution >= 4 is 24.0 Å². The molecule has 0 saturated carbocycles. The average Bonchev–Trinajstić information content (AvgIpc) is 2.36. The van der Waals surface area contributed by atoms with Gasteiger partial charge in [-0.1, -0.05) is 45.4 Å². The van der Waals surface area contributed by atoms with Crippen LogP contribution in [0.4, 0.5) is 0 Å². The minimum Gasteiger partial charge on any atom is -0.492 e. The fraction of sp³-hybridized carbons (Fsp3) is 0.647. The van der Waals surface area contributed by atoms with Gasteiger partial charge in [0.25, 0.3) is 0 Å². The Morgan fingerprint density at radius 3 is 2.38 bits per heavy atom. The maximum absolute atomic E-state index is 6.45. The van der Waals surface area contributed by atoms with Gasteiger partial charge in [0.05, 0.1) is 11.6 Å². The van der Waals surface area contributed by atoms with Gasteiger partial charge in [-0.3, -0.25) is 0 Å². The van der Waals surface area contributed by atoms with Crippen molar-refractivity contribution < 1.29 is 4.74 Å². The quantitative estimate of drug-likeness (QED) is 0.750. The standard InChI is InChI=1S/C17H28ClNO.ClH/c1-6-8-20-16-13(9-12(3)19)10-14(11-15(16)18)17(4,5)7-2;/h10-12H,6-9,19H2,1-5H3;1H. The topological polar surface area (TPSA) is 35.2 Å². The average molecular weight is 334 g/mol. The number of hydrogen-bond donors (Lipinski definition) is 1. The van der Waals surface area contributed by atoms with Crippen molar-refractivity contribution in [1.29, 1.82) is 0 Å². The van der Waals surface area contributed by atoms with Crippen molar-refractivity contribution in [3.8, 4) is 5.75 Å². The summed E-state index contributed by atoms with van der Waals surface area (Å²) in [5.74, 6) is 0.807. The molecule has 1 aromatic carbocycles. The molecule has 1 unspecified atom stereocenters. The van der Waals surface area contributed by atoms with Crippen LogP contribution in [0.3, 0.4) is 0 Å². The summed E-state index contributed by atoms with van der Waals surface area (Å²) in [6, 6.07) is 4.35. The molecule has 1 atom stereocenters. The van der Waals surface area contributed by atoms with Crippen LogP contribution in [0.1, 0.15) is 58.6 Å². The van der Waals surface area contributed by atoms with Crippen molar-refractivity contribution in [2.45, 2.75) is 65.3 Å². The lowest BCUT2D eigenvalue weighted by Gasteiger charge is -2.26. The monoisotopic (exact) mass is 333 g/mol. The summed E-state index contributed by atoms with van der Waals surface area (Å²) in [5.41, 5.74) is 8.45. The molecule has 0 amide bonds. The smallest absolute Gasteiger partial charge is 0.141 e. The van der Waals surface area contributed by atoms with Crippen molar-refractivity contribution in [3.05, 3.63) is 28.3 Å². The van der Waals surface area contributed by atoms with Crippen LogP contribution in [-0.4, -0.2) is 12.6 Å². The van der Waals surface area contributed by atoms with E-state index in [0.717, 1.165) is 30.6 Å². The third kappa shape index (κ3) is 5.69. The minimum absolute atomic E-state index is 0. The molecule has 0 aliphatic rings. The lowest BCUT2D eigenvalue weighted by atomic mass is 9.81. The normalized spacial score (nSPS) is 12.7. The molecule has 2 nitrogen and oxygen atoms in total. The molecule has 4 heteroatoms. The number of nitrogens with two attached hydrogens (primary N) is 1. The molecule has 0 aliphatic heterocycles. The van der Waals surface area contributed by atoms with Crippen molar-refractivity contribution in [2.75, 3.05) is 6.61 Å². The highest BCUT2D eigenvalue weighted by molar-refractivity contribution is 6.32. The molecule has 0 fully saturated rings. The lowest BCUT2D eigenvalue weighted by molar-refractivity contribution is 0.313. The van der Waals surface area contributed by atoms with Crippen LogP contribution in [0.15, 0.2) is 12.1 Å². The number of hydrogen-bond acceptors (Lipinski definition) is 2. The van der Waals surface area contributed by atoms with Gasteiger partial charge in [-0.15, -0.1) is 12.4 Å². The van der Waals surface area contributed by atoms with Gasteiger partial charge in [-0.2, -0.15) is 0 Å². The highest BCUT2D eigenvalue weighted by Gasteiger charge is 2.22. The molecule has 0 spiro atoms. The SMILES string of the molecule is CCCOc1c(Cl)cc(C(C)(C)CC)cc1CC(C)N.Cl. The second-order valence-corrected chi connectivity index (χ2v) is 6.62. The van der Waals surface area contributed by atoms with E-state index < -0.39 is 0 Å². The van der Waals surface area contributed by atoms with Crippen LogP contribution in [0.25, 0.3) is 0 Å². The Morgan fingerprint density at radius 1 is 1.29 bits per heavy atom. The van der Waals surface area contributed by atoms with E-state index in [0.29, 0.717) is 11.6 Å². The fourth-order valence-electron chi connectivity index (χ4n) is 2.11. The predicted molar refractivity (Wildman–Crippen MR) is 95.2 cm³/mol. The van der Waals surface area contributed by atoms with Crippen LogP contribution in [0.5, 0.6) is 5.75 Å². The van der Waals surface area contributed by atoms with Crippen LogP contribution in [0, 0.1) is 0 Å². The third-order valence-corrected chi connectivity index (χ3v) is 4.06. The summed E-state index contributed by atoms with van der Waals surface area (Å²) >= 11 is 6.45. The Morgan fingerprint density at radius 2 is 1.90 bits per heavy atom. The van der Waals surface area contributed by atoms with Crippen LogP contribution >= 0.6 is 24.0 Å². The molecule has 1 rings (SSSR count). The molecule has 1 aromatic rings.